The Balaban J connectivity index is 0.963. The molecular formula is C56H36N2O. The Hall–Kier alpha value is -7.88. The zero-order valence-corrected chi connectivity index (χ0v) is 32.1. The van der Waals surface area contributed by atoms with Gasteiger partial charge in [-0.25, -0.2) is 0 Å². The standard InChI is InChI=1S/C56H36N2O/c1-3-10-37(11-4-1)39-22-27-45(28-23-39)57(46-29-24-40(25-30-46)38-12-5-2-6-13-38)47-17-7-16-43(34-47)44-26-32-53-49(35-44)50-36-48(31-33-54(50)59-53)58-51-18-8-14-41-20-21-42-15-9-19-52(58)56(42)55(41)51/h1-36H. The Bertz CT molecular complexity index is 3320. The summed E-state index contributed by atoms with van der Waals surface area (Å²) in [6.45, 7) is 0. The Labute approximate surface area is 341 Å². The first-order chi connectivity index (χ1) is 29.2. The monoisotopic (exact) mass is 752 g/mol. The Kier molecular flexibility index (Phi) is 7.54. The molecule has 3 nitrogen and oxygen atoms in total. The molecule has 0 fully saturated rings. The van der Waals surface area contributed by atoms with Crippen molar-refractivity contribution in [1.29, 1.82) is 0 Å². The molecule has 0 saturated carbocycles. The number of hydrogen-bond acceptors (Lipinski definition) is 2. The van der Waals surface area contributed by atoms with Crippen LogP contribution < -0.4 is 4.90 Å². The first-order valence-electron chi connectivity index (χ1n) is 20.2. The summed E-state index contributed by atoms with van der Waals surface area (Å²) in [6.07, 6.45) is 0. The molecule has 0 N–H and O–H groups in total. The third kappa shape index (κ3) is 5.51. The molecule has 2 aromatic heterocycles. The molecule has 0 aliphatic carbocycles. The summed E-state index contributed by atoms with van der Waals surface area (Å²) in [4.78, 5) is 2.35. The summed E-state index contributed by atoms with van der Waals surface area (Å²) >= 11 is 0. The number of aromatic nitrogens is 1. The molecule has 10 aromatic carbocycles. The van der Waals surface area contributed by atoms with Gasteiger partial charge in [0.05, 0.1) is 11.0 Å². The minimum absolute atomic E-state index is 0.879. The van der Waals surface area contributed by atoms with Gasteiger partial charge in [0.25, 0.3) is 0 Å². The van der Waals surface area contributed by atoms with Crippen LogP contribution in [0.1, 0.15) is 0 Å². The molecule has 0 radical (unpaired) electrons. The van der Waals surface area contributed by atoms with Crippen LogP contribution in [0, 0.1) is 0 Å². The zero-order valence-electron chi connectivity index (χ0n) is 32.1. The lowest BCUT2D eigenvalue weighted by molar-refractivity contribution is 0.669. The molecule has 0 spiro atoms. The van der Waals surface area contributed by atoms with E-state index in [-0.39, 0.29) is 0 Å². The molecule has 12 rings (SSSR count). The highest BCUT2D eigenvalue weighted by Gasteiger charge is 2.19. The second-order valence-electron chi connectivity index (χ2n) is 15.4. The molecule has 0 amide bonds. The molecule has 2 heterocycles. The quantitative estimate of drug-likeness (QED) is 0.151. The molecule has 12 aromatic rings. The molecule has 0 aliphatic heterocycles. The summed E-state index contributed by atoms with van der Waals surface area (Å²) in [5.74, 6) is 0. The predicted octanol–water partition coefficient (Wildman–Crippen LogP) is 15.7. The number of anilines is 3. The van der Waals surface area contributed by atoms with Crippen LogP contribution in [0.25, 0.3) is 93.6 Å². The lowest BCUT2D eigenvalue weighted by Crippen LogP contribution is -2.10. The van der Waals surface area contributed by atoms with Crippen LogP contribution in [-0.4, -0.2) is 4.57 Å². The largest absolute Gasteiger partial charge is 0.456 e. The summed E-state index contributed by atoms with van der Waals surface area (Å²) in [5, 5.41) is 7.35. The van der Waals surface area contributed by atoms with E-state index >= 15 is 0 Å². The maximum Gasteiger partial charge on any atom is 0.135 e. The van der Waals surface area contributed by atoms with E-state index in [0.717, 1.165) is 55.8 Å². The van der Waals surface area contributed by atoms with Crippen molar-refractivity contribution in [3.8, 4) is 39.1 Å². The fourth-order valence-electron chi connectivity index (χ4n) is 9.12. The maximum absolute atomic E-state index is 6.47. The van der Waals surface area contributed by atoms with Gasteiger partial charge in [-0.05, 0) is 123 Å². The van der Waals surface area contributed by atoms with Gasteiger partial charge in [-0.15, -0.1) is 0 Å². The molecule has 0 bridgehead atoms. The summed E-state index contributed by atoms with van der Waals surface area (Å²) in [7, 11) is 0. The molecular weight excluding hydrogens is 717 g/mol. The van der Waals surface area contributed by atoms with Crippen LogP contribution >= 0.6 is 0 Å². The van der Waals surface area contributed by atoms with Gasteiger partial charge in [0.2, 0.25) is 0 Å². The highest BCUT2D eigenvalue weighted by atomic mass is 16.3. The zero-order chi connectivity index (χ0) is 38.9. The minimum atomic E-state index is 0.879. The summed E-state index contributed by atoms with van der Waals surface area (Å²) in [6, 6.07) is 78.6. The van der Waals surface area contributed by atoms with Crippen LogP contribution in [0.2, 0.25) is 0 Å². The van der Waals surface area contributed by atoms with Crippen molar-refractivity contribution < 1.29 is 4.42 Å². The van der Waals surface area contributed by atoms with Crippen LogP contribution in [0.3, 0.4) is 0 Å². The summed E-state index contributed by atoms with van der Waals surface area (Å²) in [5.41, 5.74) is 15.6. The van der Waals surface area contributed by atoms with Crippen molar-refractivity contribution in [2.75, 3.05) is 4.90 Å². The smallest absolute Gasteiger partial charge is 0.135 e. The van der Waals surface area contributed by atoms with E-state index in [2.05, 4.69) is 228 Å². The highest BCUT2D eigenvalue weighted by Crippen LogP contribution is 2.42. The number of fused-ring (bicyclic) bond motifs is 3. The van der Waals surface area contributed by atoms with Crippen LogP contribution in [0.5, 0.6) is 0 Å². The summed E-state index contributed by atoms with van der Waals surface area (Å²) < 4.78 is 8.88. The second-order valence-corrected chi connectivity index (χ2v) is 15.4. The maximum atomic E-state index is 6.47. The van der Waals surface area contributed by atoms with E-state index in [4.69, 9.17) is 4.42 Å². The average Bonchev–Trinajstić information content (AvgIpc) is 3.85. The predicted molar refractivity (Wildman–Crippen MR) is 248 cm³/mol. The number of rotatable bonds is 7. The lowest BCUT2D eigenvalue weighted by atomic mass is 10.0. The van der Waals surface area contributed by atoms with Crippen molar-refractivity contribution in [3.05, 3.63) is 218 Å². The first kappa shape index (κ1) is 33.3. The lowest BCUT2D eigenvalue weighted by Gasteiger charge is -2.26. The molecule has 3 heteroatoms. The van der Waals surface area contributed by atoms with Gasteiger partial charge < -0.3 is 13.9 Å². The molecule has 0 saturated heterocycles. The first-order valence-corrected chi connectivity index (χ1v) is 20.2. The third-order valence-electron chi connectivity index (χ3n) is 11.9. The highest BCUT2D eigenvalue weighted by molar-refractivity contribution is 6.24. The number of hydrogen-bond donors (Lipinski definition) is 0. The van der Waals surface area contributed by atoms with Crippen molar-refractivity contribution in [2.24, 2.45) is 0 Å². The van der Waals surface area contributed by atoms with Gasteiger partial charge in [-0.3, -0.25) is 0 Å². The van der Waals surface area contributed by atoms with Crippen LogP contribution in [0.4, 0.5) is 17.1 Å². The van der Waals surface area contributed by atoms with E-state index in [1.807, 2.05) is 0 Å². The Morgan fingerprint density at radius 1 is 0.322 bits per heavy atom. The van der Waals surface area contributed by atoms with E-state index < -0.39 is 0 Å². The topological polar surface area (TPSA) is 21.3 Å². The Morgan fingerprint density at radius 2 is 0.797 bits per heavy atom. The fourth-order valence-corrected chi connectivity index (χ4v) is 9.12. The average molecular weight is 753 g/mol. The van der Waals surface area contributed by atoms with E-state index in [1.165, 1.54) is 54.8 Å². The van der Waals surface area contributed by atoms with Gasteiger partial charge in [0, 0.05) is 44.3 Å². The van der Waals surface area contributed by atoms with Crippen LogP contribution in [-0.2, 0) is 0 Å². The number of nitrogens with zero attached hydrogens (tertiary/aromatic N) is 2. The number of furan rings is 1. The van der Waals surface area contributed by atoms with E-state index in [1.54, 1.807) is 0 Å². The van der Waals surface area contributed by atoms with Crippen molar-refractivity contribution >= 4 is 71.6 Å². The minimum Gasteiger partial charge on any atom is -0.456 e. The Morgan fingerprint density at radius 3 is 1.39 bits per heavy atom. The third-order valence-corrected chi connectivity index (χ3v) is 11.9. The fraction of sp³-hybridized carbons (Fsp3) is 0. The molecule has 0 aliphatic rings. The number of benzene rings is 10. The van der Waals surface area contributed by atoms with Crippen molar-refractivity contribution in [3.63, 3.8) is 0 Å². The normalized spacial score (nSPS) is 11.7. The van der Waals surface area contributed by atoms with E-state index in [0.29, 0.717) is 0 Å². The molecule has 0 unspecified atom stereocenters. The van der Waals surface area contributed by atoms with Gasteiger partial charge in [0.1, 0.15) is 11.2 Å². The van der Waals surface area contributed by atoms with Gasteiger partial charge in [0.15, 0.2) is 0 Å². The van der Waals surface area contributed by atoms with Crippen molar-refractivity contribution in [2.45, 2.75) is 0 Å². The van der Waals surface area contributed by atoms with E-state index in [9.17, 15) is 0 Å². The van der Waals surface area contributed by atoms with Gasteiger partial charge >= 0.3 is 0 Å². The molecule has 59 heavy (non-hydrogen) atoms. The van der Waals surface area contributed by atoms with Crippen molar-refractivity contribution in [1.82, 2.24) is 4.57 Å². The van der Waals surface area contributed by atoms with Gasteiger partial charge in [-0.2, -0.15) is 0 Å². The second kappa shape index (κ2) is 13.4. The molecule has 0 atom stereocenters. The van der Waals surface area contributed by atoms with Gasteiger partial charge in [-0.1, -0.05) is 140 Å². The van der Waals surface area contributed by atoms with Crippen LogP contribution in [0.15, 0.2) is 223 Å². The SMILES string of the molecule is c1ccc(-c2ccc(N(c3ccc(-c4ccccc4)cc3)c3cccc(-c4ccc5oc6ccc(-n7c8cccc9ccc%10cccc7c%10c98)cc6c5c4)c3)cc2)cc1. The molecule has 276 valence electrons.